The Morgan fingerprint density at radius 3 is 2.30 bits per heavy atom. The molecule has 3 N–H and O–H groups in total. The summed E-state index contributed by atoms with van der Waals surface area (Å²) in [5.41, 5.74) is 1.49. The third kappa shape index (κ3) is 7.95. The third-order valence-electron chi connectivity index (χ3n) is 12.4. The number of benzene rings is 2. The van der Waals surface area contributed by atoms with E-state index >= 15 is 4.39 Å². The Hall–Kier alpha value is -6.79. The fraction of sp³-hybridized carbons (Fsp3) is 0.378. The van der Waals surface area contributed by atoms with Gasteiger partial charge in [0.2, 0.25) is 17.8 Å². The molecule has 3 aromatic heterocycles. The number of rotatable bonds is 11. The SMILES string of the molecule is C=CCn1c(=O)c2cnc(Nc3ccc(N4CCC(CN5CCN(c6cc7c(cc6F)C(=O)N(C6CCC(=O)NC6=O)C7=O)CC5)CC4)cc3)nc2n1-c1cccc(C(C)(C)O)n1. The van der Waals surface area contributed by atoms with E-state index in [1.54, 1.807) is 42.8 Å². The Labute approximate surface area is 361 Å². The van der Waals surface area contributed by atoms with Crippen molar-refractivity contribution in [1.82, 2.24) is 39.4 Å². The van der Waals surface area contributed by atoms with E-state index in [0.717, 1.165) is 67.9 Å². The lowest BCUT2D eigenvalue weighted by Gasteiger charge is -2.40. The minimum atomic E-state index is -1.19. The third-order valence-corrected chi connectivity index (χ3v) is 12.4. The summed E-state index contributed by atoms with van der Waals surface area (Å²) in [6.45, 7) is 12.6. The summed E-state index contributed by atoms with van der Waals surface area (Å²) in [5.74, 6) is -1.89. The van der Waals surface area contributed by atoms with Crippen molar-refractivity contribution in [3.8, 4) is 5.82 Å². The topological polar surface area (TPSA) is 191 Å². The van der Waals surface area contributed by atoms with Gasteiger partial charge in [-0.3, -0.25) is 39.1 Å². The minimum Gasteiger partial charge on any atom is -0.384 e. The number of pyridine rings is 1. The molecule has 4 aliphatic heterocycles. The van der Waals surface area contributed by atoms with Crippen molar-refractivity contribution in [3.63, 3.8) is 0 Å². The first-order chi connectivity index (χ1) is 30.3. The number of halogens is 1. The number of fused-ring (bicyclic) bond motifs is 2. The summed E-state index contributed by atoms with van der Waals surface area (Å²) in [6.07, 6.45) is 5.22. The van der Waals surface area contributed by atoms with E-state index in [1.165, 1.54) is 16.9 Å². The number of imide groups is 2. The van der Waals surface area contributed by atoms with E-state index in [-0.39, 0.29) is 41.8 Å². The zero-order chi connectivity index (χ0) is 44.2. The molecule has 326 valence electrons. The fourth-order valence-electron chi connectivity index (χ4n) is 9.01. The maximum atomic E-state index is 15.5. The second kappa shape index (κ2) is 16.5. The maximum absolute atomic E-state index is 15.5. The van der Waals surface area contributed by atoms with Crippen molar-refractivity contribution in [2.75, 3.05) is 60.9 Å². The molecular formula is C45H48FN11O6. The van der Waals surface area contributed by atoms with Gasteiger partial charge in [0, 0.05) is 69.8 Å². The minimum absolute atomic E-state index is 0.0129. The average Bonchev–Trinajstić information content (AvgIpc) is 3.67. The molecule has 2 aromatic carbocycles. The number of carbonyl (C=O) groups is 4. The molecule has 18 heteroatoms. The van der Waals surface area contributed by atoms with Crippen molar-refractivity contribution in [2.45, 2.75) is 57.7 Å². The van der Waals surface area contributed by atoms with Gasteiger partial charge in [0.1, 0.15) is 22.8 Å². The first-order valence-electron chi connectivity index (χ1n) is 21.2. The van der Waals surface area contributed by atoms with Crippen LogP contribution in [-0.2, 0) is 21.7 Å². The van der Waals surface area contributed by atoms with Crippen LogP contribution in [0.3, 0.4) is 0 Å². The van der Waals surface area contributed by atoms with E-state index in [2.05, 4.69) is 49.1 Å². The van der Waals surface area contributed by atoms with E-state index in [1.807, 2.05) is 17.0 Å². The van der Waals surface area contributed by atoms with Crippen molar-refractivity contribution in [2.24, 2.45) is 5.92 Å². The van der Waals surface area contributed by atoms with Crippen LogP contribution in [0.5, 0.6) is 0 Å². The fourth-order valence-corrected chi connectivity index (χ4v) is 9.01. The predicted octanol–water partition coefficient (Wildman–Crippen LogP) is 3.71. The Balaban J connectivity index is 0.790. The first-order valence-corrected chi connectivity index (χ1v) is 21.2. The molecule has 0 bridgehead atoms. The number of hydrogen-bond donors (Lipinski definition) is 3. The molecule has 5 aromatic rings. The van der Waals surface area contributed by atoms with E-state index in [0.29, 0.717) is 47.5 Å². The number of piperazine rings is 1. The lowest BCUT2D eigenvalue weighted by atomic mass is 9.95. The van der Waals surface area contributed by atoms with Gasteiger partial charge >= 0.3 is 0 Å². The van der Waals surface area contributed by atoms with E-state index in [4.69, 9.17) is 4.98 Å². The second-order valence-electron chi connectivity index (χ2n) is 17.0. The first kappa shape index (κ1) is 41.6. The molecule has 1 unspecified atom stereocenters. The number of hydrogen-bond acceptors (Lipinski definition) is 13. The van der Waals surface area contributed by atoms with Gasteiger partial charge in [-0.15, -0.1) is 6.58 Å². The number of nitrogens with one attached hydrogen (secondary N) is 2. The Bertz CT molecular complexity index is 2710. The molecular weight excluding hydrogens is 810 g/mol. The zero-order valence-corrected chi connectivity index (χ0v) is 35.1. The van der Waals surface area contributed by atoms with Crippen LogP contribution in [0.2, 0.25) is 0 Å². The van der Waals surface area contributed by atoms with E-state index < -0.39 is 41.1 Å². The molecule has 3 saturated heterocycles. The Morgan fingerprint density at radius 1 is 0.905 bits per heavy atom. The molecule has 0 spiro atoms. The quantitative estimate of drug-likeness (QED) is 0.129. The van der Waals surface area contributed by atoms with Crippen LogP contribution in [0.1, 0.15) is 65.9 Å². The van der Waals surface area contributed by atoms with Gasteiger partial charge in [-0.25, -0.2) is 23.7 Å². The molecule has 9 rings (SSSR count). The molecule has 4 amide bonds. The molecule has 17 nitrogen and oxygen atoms in total. The zero-order valence-electron chi connectivity index (χ0n) is 35.1. The highest BCUT2D eigenvalue weighted by Crippen LogP contribution is 2.34. The lowest BCUT2D eigenvalue weighted by Crippen LogP contribution is -2.54. The number of carbonyl (C=O) groups excluding carboxylic acids is 4. The highest BCUT2D eigenvalue weighted by molar-refractivity contribution is 6.23. The van der Waals surface area contributed by atoms with Gasteiger partial charge in [0.25, 0.3) is 17.4 Å². The monoisotopic (exact) mass is 857 g/mol. The number of piperidine rings is 2. The number of allylic oxidation sites excluding steroid dienone is 1. The molecule has 4 aliphatic rings. The smallest absolute Gasteiger partial charge is 0.278 e. The van der Waals surface area contributed by atoms with Crippen LogP contribution < -0.4 is 26.0 Å². The molecule has 3 fully saturated rings. The van der Waals surface area contributed by atoms with Crippen LogP contribution in [0, 0.1) is 11.7 Å². The van der Waals surface area contributed by atoms with Gasteiger partial charge < -0.3 is 20.2 Å². The van der Waals surface area contributed by atoms with Gasteiger partial charge in [-0.05, 0) is 87.6 Å². The van der Waals surface area contributed by atoms with Crippen LogP contribution >= 0.6 is 0 Å². The second-order valence-corrected chi connectivity index (χ2v) is 17.0. The van der Waals surface area contributed by atoms with Gasteiger partial charge in [0.05, 0.1) is 29.1 Å². The summed E-state index contributed by atoms with van der Waals surface area (Å²) >= 11 is 0. The molecule has 0 aliphatic carbocycles. The maximum Gasteiger partial charge on any atom is 0.278 e. The van der Waals surface area contributed by atoms with Crippen molar-refractivity contribution < 1.29 is 28.7 Å². The largest absolute Gasteiger partial charge is 0.384 e. The van der Waals surface area contributed by atoms with Crippen molar-refractivity contribution in [3.05, 3.63) is 106 Å². The lowest BCUT2D eigenvalue weighted by molar-refractivity contribution is -0.136. The summed E-state index contributed by atoms with van der Waals surface area (Å²) in [6, 6.07) is 14.8. The molecule has 0 saturated carbocycles. The predicted molar refractivity (Wildman–Crippen MR) is 233 cm³/mol. The number of amides is 4. The molecule has 7 heterocycles. The summed E-state index contributed by atoms with van der Waals surface area (Å²) in [5, 5.41) is 16.4. The summed E-state index contributed by atoms with van der Waals surface area (Å²) < 4.78 is 18.6. The Morgan fingerprint density at radius 2 is 1.62 bits per heavy atom. The van der Waals surface area contributed by atoms with Crippen LogP contribution in [-0.4, -0.2) is 115 Å². The van der Waals surface area contributed by atoms with Gasteiger partial charge in [0.15, 0.2) is 11.5 Å². The average molecular weight is 858 g/mol. The molecule has 63 heavy (non-hydrogen) atoms. The van der Waals surface area contributed by atoms with Crippen LogP contribution in [0.15, 0.2) is 78.2 Å². The normalized spacial score (nSPS) is 18.9. The van der Waals surface area contributed by atoms with Gasteiger partial charge in [-0.2, -0.15) is 4.98 Å². The van der Waals surface area contributed by atoms with Gasteiger partial charge in [-0.1, -0.05) is 12.1 Å². The molecule has 1 atom stereocenters. The highest BCUT2D eigenvalue weighted by Gasteiger charge is 2.45. The van der Waals surface area contributed by atoms with Crippen LogP contribution in [0.25, 0.3) is 16.9 Å². The number of nitrogens with zero attached hydrogens (tertiary/aromatic N) is 9. The standard InChI is InChI=1S/C45H48FN11O6/c1-4-16-55-41(60)32-25-47-44(51-39(32)57(55)37-7-5-6-36(49-37)45(2,3)63)48-28-8-10-29(11-9-28)53-17-14-27(15-18-53)26-52-19-21-54(22-20-52)35-24-31-30(23-33(35)46)42(61)56(43(31)62)34-12-13-38(58)50-40(34)59/h4-11,23-25,27,34,63H,1,12-22,26H2,2-3H3,(H,47,48,51)(H,50,58,59). The Kier molecular flexibility index (Phi) is 10.9. The summed E-state index contributed by atoms with van der Waals surface area (Å²) in [4.78, 5) is 85.3. The molecule has 0 radical (unpaired) electrons. The summed E-state index contributed by atoms with van der Waals surface area (Å²) in [7, 11) is 0. The highest BCUT2D eigenvalue weighted by atomic mass is 19.1. The van der Waals surface area contributed by atoms with Crippen molar-refractivity contribution in [1.29, 1.82) is 0 Å². The van der Waals surface area contributed by atoms with E-state index in [9.17, 15) is 29.1 Å². The number of aromatic nitrogens is 5. The van der Waals surface area contributed by atoms with Crippen molar-refractivity contribution >= 4 is 57.7 Å². The number of aliphatic hydroxyl groups is 1. The van der Waals surface area contributed by atoms with Crippen LogP contribution in [0.4, 0.5) is 27.4 Å². The number of anilines is 4.